The highest BCUT2D eigenvalue weighted by Gasteiger charge is 2.12. The number of benzene rings is 3. The van der Waals surface area contributed by atoms with Crippen molar-refractivity contribution in [3.8, 4) is 11.8 Å². The van der Waals surface area contributed by atoms with Crippen LogP contribution in [-0.4, -0.2) is 18.4 Å². The van der Waals surface area contributed by atoms with Crippen LogP contribution in [0.15, 0.2) is 66.2 Å². The Morgan fingerprint density at radius 2 is 1.74 bits per heavy atom. The highest BCUT2D eigenvalue weighted by molar-refractivity contribution is 6.34. The number of anilines is 2. The van der Waals surface area contributed by atoms with E-state index in [4.69, 9.17) is 27.9 Å². The van der Waals surface area contributed by atoms with Gasteiger partial charge in [-0.15, -0.1) is 0 Å². The zero-order chi connectivity index (χ0) is 24.7. The Hall–Kier alpha value is -3.79. The van der Waals surface area contributed by atoms with Gasteiger partial charge < -0.3 is 15.4 Å². The summed E-state index contributed by atoms with van der Waals surface area (Å²) in [6.07, 6.45) is 1.40. The SMILES string of the molecule is Cc1ccc(NC(=O)COc2ccc(/C=C(\C#N)C(=O)Nc3ccccc3Cl)cc2Cl)cc1C. The van der Waals surface area contributed by atoms with Crippen molar-refractivity contribution in [2.24, 2.45) is 0 Å². The van der Waals surface area contributed by atoms with E-state index in [0.29, 0.717) is 27.7 Å². The maximum atomic E-state index is 12.5. The van der Waals surface area contributed by atoms with Crippen molar-refractivity contribution in [3.05, 3.63) is 93.0 Å². The zero-order valence-electron chi connectivity index (χ0n) is 18.5. The van der Waals surface area contributed by atoms with Crippen LogP contribution in [0.1, 0.15) is 16.7 Å². The van der Waals surface area contributed by atoms with Crippen LogP contribution in [-0.2, 0) is 9.59 Å². The molecule has 0 aliphatic heterocycles. The number of hydrogen-bond acceptors (Lipinski definition) is 4. The fraction of sp³-hybridized carbons (Fsp3) is 0.115. The van der Waals surface area contributed by atoms with Crippen LogP contribution in [0.25, 0.3) is 6.08 Å². The van der Waals surface area contributed by atoms with Crippen molar-refractivity contribution >= 4 is 52.5 Å². The Balaban J connectivity index is 1.64. The van der Waals surface area contributed by atoms with Crippen LogP contribution in [0.2, 0.25) is 10.0 Å². The number of halogens is 2. The molecule has 3 aromatic carbocycles. The number of hydrogen-bond donors (Lipinski definition) is 2. The summed E-state index contributed by atoms with van der Waals surface area (Å²) in [4.78, 5) is 24.7. The van der Waals surface area contributed by atoms with E-state index in [1.807, 2.05) is 38.1 Å². The molecular weight excluding hydrogens is 473 g/mol. The molecule has 34 heavy (non-hydrogen) atoms. The van der Waals surface area contributed by atoms with Crippen LogP contribution in [0, 0.1) is 25.2 Å². The number of carbonyl (C=O) groups excluding carboxylic acids is 2. The first kappa shape index (κ1) is 24.8. The molecular formula is C26H21Cl2N3O3. The number of aryl methyl sites for hydroxylation is 2. The third kappa shape index (κ3) is 6.61. The Morgan fingerprint density at radius 1 is 0.971 bits per heavy atom. The molecule has 0 radical (unpaired) electrons. The first-order valence-electron chi connectivity index (χ1n) is 10.2. The van der Waals surface area contributed by atoms with Gasteiger partial charge in [-0.1, -0.05) is 47.5 Å². The predicted molar refractivity (Wildman–Crippen MR) is 135 cm³/mol. The molecule has 8 heteroatoms. The van der Waals surface area contributed by atoms with Crippen LogP contribution in [0.4, 0.5) is 11.4 Å². The molecule has 0 spiro atoms. The molecule has 0 bridgehead atoms. The monoisotopic (exact) mass is 493 g/mol. The molecule has 3 aromatic rings. The van der Waals surface area contributed by atoms with Crippen molar-refractivity contribution in [1.82, 2.24) is 0 Å². The predicted octanol–water partition coefficient (Wildman–Crippen LogP) is 6.17. The molecule has 0 saturated heterocycles. The van der Waals surface area contributed by atoms with Crippen LogP contribution >= 0.6 is 23.2 Å². The van der Waals surface area contributed by atoms with Gasteiger partial charge in [0.05, 0.1) is 15.7 Å². The standard InChI is InChI=1S/C26H21Cl2N3O3/c1-16-7-9-20(11-17(16)2)30-25(32)15-34-24-10-8-18(13-22(24)28)12-19(14-29)26(33)31-23-6-4-3-5-21(23)27/h3-13H,15H2,1-2H3,(H,30,32)(H,31,33)/b19-12+. The van der Waals surface area contributed by atoms with E-state index in [-0.39, 0.29) is 23.1 Å². The Kier molecular flexibility index (Phi) is 8.31. The minimum atomic E-state index is -0.602. The maximum absolute atomic E-state index is 12.5. The van der Waals surface area contributed by atoms with Crippen molar-refractivity contribution in [2.75, 3.05) is 17.2 Å². The van der Waals surface area contributed by atoms with Gasteiger partial charge in [-0.25, -0.2) is 0 Å². The van der Waals surface area contributed by atoms with Crippen molar-refractivity contribution in [2.45, 2.75) is 13.8 Å². The zero-order valence-corrected chi connectivity index (χ0v) is 20.0. The van der Waals surface area contributed by atoms with Crippen LogP contribution < -0.4 is 15.4 Å². The van der Waals surface area contributed by atoms with E-state index in [2.05, 4.69) is 10.6 Å². The summed E-state index contributed by atoms with van der Waals surface area (Å²) >= 11 is 12.3. The lowest BCUT2D eigenvalue weighted by atomic mass is 10.1. The van der Waals surface area contributed by atoms with Gasteiger partial charge in [0, 0.05) is 5.69 Å². The third-order valence-electron chi connectivity index (χ3n) is 4.90. The number of amides is 2. The highest BCUT2D eigenvalue weighted by atomic mass is 35.5. The van der Waals surface area contributed by atoms with E-state index in [0.717, 1.165) is 11.1 Å². The number of nitrogens with zero attached hydrogens (tertiary/aromatic N) is 1. The van der Waals surface area contributed by atoms with Gasteiger partial charge in [-0.3, -0.25) is 9.59 Å². The minimum Gasteiger partial charge on any atom is -0.482 e. The summed E-state index contributed by atoms with van der Waals surface area (Å²) in [5, 5.41) is 15.4. The fourth-order valence-electron chi connectivity index (χ4n) is 2.95. The third-order valence-corrected chi connectivity index (χ3v) is 5.53. The molecule has 0 aromatic heterocycles. The van der Waals surface area contributed by atoms with Gasteiger partial charge in [0.25, 0.3) is 11.8 Å². The molecule has 2 N–H and O–H groups in total. The molecule has 0 aliphatic carbocycles. The summed E-state index contributed by atoms with van der Waals surface area (Å²) in [5.74, 6) is -0.630. The average molecular weight is 494 g/mol. The molecule has 0 aliphatic rings. The molecule has 6 nitrogen and oxygen atoms in total. The average Bonchev–Trinajstić information content (AvgIpc) is 2.80. The molecule has 0 unspecified atom stereocenters. The van der Waals surface area contributed by atoms with Gasteiger partial charge in [0.15, 0.2) is 6.61 Å². The number of para-hydroxylation sites is 1. The number of ether oxygens (including phenoxy) is 1. The number of nitriles is 1. The maximum Gasteiger partial charge on any atom is 0.266 e. The minimum absolute atomic E-state index is 0.127. The summed E-state index contributed by atoms with van der Waals surface area (Å²) < 4.78 is 5.53. The normalized spacial score (nSPS) is 10.9. The molecule has 0 heterocycles. The Morgan fingerprint density at radius 3 is 2.41 bits per heavy atom. The first-order valence-corrected chi connectivity index (χ1v) is 11.0. The van der Waals surface area contributed by atoms with E-state index >= 15 is 0 Å². The van der Waals surface area contributed by atoms with Crippen LogP contribution in [0.3, 0.4) is 0 Å². The quantitative estimate of drug-likeness (QED) is 0.304. The van der Waals surface area contributed by atoms with E-state index in [9.17, 15) is 14.9 Å². The van der Waals surface area contributed by atoms with E-state index in [1.165, 1.54) is 12.1 Å². The molecule has 0 atom stereocenters. The molecule has 3 rings (SSSR count). The summed E-state index contributed by atoms with van der Waals surface area (Å²) in [6, 6.07) is 19.0. The lowest BCUT2D eigenvalue weighted by Gasteiger charge is -2.10. The number of rotatable bonds is 7. The first-order chi connectivity index (χ1) is 16.3. The second-order valence-electron chi connectivity index (χ2n) is 7.43. The molecule has 0 saturated carbocycles. The Bertz CT molecular complexity index is 1310. The Labute approximate surface area is 207 Å². The smallest absolute Gasteiger partial charge is 0.266 e. The second kappa shape index (κ2) is 11.4. The van der Waals surface area contributed by atoms with Crippen molar-refractivity contribution < 1.29 is 14.3 Å². The van der Waals surface area contributed by atoms with E-state index in [1.54, 1.807) is 36.4 Å². The van der Waals surface area contributed by atoms with Crippen molar-refractivity contribution in [1.29, 1.82) is 5.26 Å². The fourth-order valence-corrected chi connectivity index (χ4v) is 3.38. The topological polar surface area (TPSA) is 91.2 Å². The van der Waals surface area contributed by atoms with Gasteiger partial charge in [-0.05, 0) is 73.0 Å². The second-order valence-corrected chi connectivity index (χ2v) is 8.24. The molecule has 0 fully saturated rings. The summed E-state index contributed by atoms with van der Waals surface area (Å²) in [7, 11) is 0. The summed E-state index contributed by atoms with van der Waals surface area (Å²) in [6.45, 7) is 3.73. The highest BCUT2D eigenvalue weighted by Crippen LogP contribution is 2.27. The summed E-state index contributed by atoms with van der Waals surface area (Å²) in [5.41, 5.74) is 3.68. The van der Waals surface area contributed by atoms with Crippen LogP contribution in [0.5, 0.6) is 5.75 Å². The van der Waals surface area contributed by atoms with Gasteiger partial charge >= 0.3 is 0 Å². The lowest BCUT2D eigenvalue weighted by Crippen LogP contribution is -2.20. The van der Waals surface area contributed by atoms with E-state index < -0.39 is 5.91 Å². The van der Waals surface area contributed by atoms with Gasteiger partial charge in [-0.2, -0.15) is 5.26 Å². The van der Waals surface area contributed by atoms with Gasteiger partial charge in [0.2, 0.25) is 0 Å². The molecule has 2 amide bonds. The number of carbonyl (C=O) groups is 2. The van der Waals surface area contributed by atoms with Gasteiger partial charge in [0.1, 0.15) is 17.4 Å². The van der Waals surface area contributed by atoms with Crippen molar-refractivity contribution in [3.63, 3.8) is 0 Å². The number of nitrogens with one attached hydrogen (secondary N) is 2. The molecule has 172 valence electrons. The largest absolute Gasteiger partial charge is 0.482 e. The lowest BCUT2D eigenvalue weighted by molar-refractivity contribution is -0.118.